The number of allylic oxidation sites excluding steroid dienone is 6. The number of rotatable bonds is 7. The van der Waals surface area contributed by atoms with Crippen LogP contribution in [0.4, 0.5) is 0 Å². The van der Waals surface area contributed by atoms with Gasteiger partial charge in [-0.1, -0.05) is 101 Å². The molecule has 52 heavy (non-hydrogen) atoms. The lowest BCUT2D eigenvalue weighted by molar-refractivity contribution is -0.0199. The Morgan fingerprint density at radius 2 is 1.38 bits per heavy atom. The smallest absolute Gasteiger partial charge is 0.108 e. The van der Waals surface area contributed by atoms with Gasteiger partial charge in [0.2, 0.25) is 0 Å². The van der Waals surface area contributed by atoms with Gasteiger partial charge in [0.15, 0.2) is 0 Å². The lowest BCUT2D eigenvalue weighted by Crippen LogP contribution is -2.53. The van der Waals surface area contributed by atoms with E-state index in [0.29, 0.717) is 18.1 Å². The van der Waals surface area contributed by atoms with Crippen molar-refractivity contribution in [2.24, 2.45) is 59.2 Å². The Morgan fingerprint density at radius 3 is 2.15 bits per heavy atom. The third-order valence-corrected chi connectivity index (χ3v) is 17.6. The molecule has 0 radical (unpaired) electrons. The predicted octanol–water partition coefficient (Wildman–Crippen LogP) is 13.5. The van der Waals surface area contributed by atoms with Crippen molar-refractivity contribution in [2.75, 3.05) is 0 Å². The van der Waals surface area contributed by atoms with Crippen LogP contribution < -0.4 is 0 Å². The molecule has 0 amide bonds. The van der Waals surface area contributed by atoms with Crippen molar-refractivity contribution in [3.63, 3.8) is 0 Å². The first kappa shape index (κ1) is 36.4. The summed E-state index contributed by atoms with van der Waals surface area (Å²) in [5.41, 5.74) is 3.54. The van der Waals surface area contributed by atoms with Crippen LogP contribution in [0, 0.1) is 59.2 Å². The van der Waals surface area contributed by atoms with E-state index in [4.69, 9.17) is 4.74 Å². The summed E-state index contributed by atoms with van der Waals surface area (Å²) in [7, 11) is 0. The fourth-order valence-electron chi connectivity index (χ4n) is 15.1. The van der Waals surface area contributed by atoms with Gasteiger partial charge < -0.3 is 4.74 Å². The number of fused-ring (bicyclic) bond motifs is 2. The van der Waals surface area contributed by atoms with Gasteiger partial charge in [-0.05, 0) is 168 Å². The fraction of sp³-hybridized carbons (Fsp3) is 0.840. The van der Waals surface area contributed by atoms with Crippen LogP contribution in [0.2, 0.25) is 0 Å². The van der Waals surface area contributed by atoms with Crippen molar-refractivity contribution in [1.29, 1.82) is 0 Å². The summed E-state index contributed by atoms with van der Waals surface area (Å²) in [6.07, 6.45) is 50.4. The number of nitrogens with zero attached hydrogens (tertiary/aromatic N) is 1. The van der Waals surface area contributed by atoms with Gasteiger partial charge in [0.1, 0.15) is 6.10 Å². The SMILES string of the molecule is CC1CCCC(N(C2CCC(C3CCC([C@@H]4CCCC5=C4OC4C5CCCC4C4CCCCC4)CC3)C(C)C2)[C@@H]2C=CC(C3=CC=CCC3)CC2)C1. The van der Waals surface area contributed by atoms with Crippen LogP contribution >= 0.6 is 0 Å². The van der Waals surface area contributed by atoms with E-state index in [-0.39, 0.29) is 0 Å². The third-order valence-electron chi connectivity index (χ3n) is 17.6. The maximum Gasteiger partial charge on any atom is 0.108 e. The zero-order valence-electron chi connectivity index (χ0n) is 33.7. The van der Waals surface area contributed by atoms with Gasteiger partial charge >= 0.3 is 0 Å². The molecule has 5 saturated carbocycles. The van der Waals surface area contributed by atoms with E-state index in [1.807, 2.05) is 5.57 Å². The molecular weight excluding hydrogens is 631 g/mol. The van der Waals surface area contributed by atoms with Crippen LogP contribution in [-0.2, 0) is 4.74 Å². The highest BCUT2D eigenvalue weighted by atomic mass is 16.5. The summed E-state index contributed by atoms with van der Waals surface area (Å²) in [5, 5.41) is 0. The van der Waals surface area contributed by atoms with E-state index in [0.717, 1.165) is 65.3 Å². The number of hydrogen-bond acceptors (Lipinski definition) is 2. The summed E-state index contributed by atoms with van der Waals surface area (Å²) in [5.74, 6) is 10.3. The van der Waals surface area contributed by atoms with E-state index in [1.54, 1.807) is 11.3 Å². The molecule has 2 nitrogen and oxygen atoms in total. The molecular formula is C50H77NO. The largest absolute Gasteiger partial charge is 0.494 e. The number of hydrogen-bond donors (Lipinski definition) is 0. The van der Waals surface area contributed by atoms with Crippen molar-refractivity contribution in [3.8, 4) is 0 Å². The molecule has 288 valence electrons. The summed E-state index contributed by atoms with van der Waals surface area (Å²) in [6, 6.07) is 2.28. The Kier molecular flexibility index (Phi) is 11.5. The first-order chi connectivity index (χ1) is 25.6. The van der Waals surface area contributed by atoms with Crippen molar-refractivity contribution >= 4 is 0 Å². The van der Waals surface area contributed by atoms with Crippen LogP contribution in [0.1, 0.15) is 181 Å². The standard InChI is InChI=1S/C50H77NO/c1-34-12-9-17-42(32-34)51(41-28-26-37(27-29-41)36-13-5-3-6-14-36)43-30-31-44(35(2)33-43)39-22-24-40(25-23-39)46-19-11-21-48-47-20-10-18-45(49(47)52-50(46)48)38-15-7-4-8-16-38/h3,5,13,26,28,34-35,37-47,49H,4,6-12,14-25,27,29-33H2,1-2H3/t34?,35?,37?,39?,40?,41-,42?,43?,44?,45?,46+,47?,49?/m1/s1. The van der Waals surface area contributed by atoms with E-state index in [9.17, 15) is 0 Å². The van der Waals surface area contributed by atoms with E-state index in [1.165, 1.54) is 167 Å². The van der Waals surface area contributed by atoms with Gasteiger partial charge in [-0.3, -0.25) is 4.90 Å². The molecule has 9 aliphatic rings. The molecule has 9 unspecified atom stereocenters. The second kappa shape index (κ2) is 16.4. The molecule has 5 fully saturated rings. The Balaban J connectivity index is 0.822. The van der Waals surface area contributed by atoms with Gasteiger partial charge in [-0.25, -0.2) is 0 Å². The maximum absolute atomic E-state index is 7.30. The average molecular weight is 708 g/mol. The highest BCUT2D eigenvalue weighted by molar-refractivity contribution is 5.27. The molecule has 0 bridgehead atoms. The number of ether oxygens (including phenoxy) is 1. The maximum atomic E-state index is 7.30. The quantitative estimate of drug-likeness (QED) is 0.244. The molecule has 0 aromatic heterocycles. The molecule has 2 heteroatoms. The van der Waals surface area contributed by atoms with Crippen LogP contribution in [0.3, 0.4) is 0 Å². The third kappa shape index (κ3) is 7.49. The van der Waals surface area contributed by atoms with E-state index < -0.39 is 0 Å². The lowest BCUT2D eigenvalue weighted by Gasteiger charge is -2.51. The van der Waals surface area contributed by atoms with Crippen LogP contribution in [0.15, 0.2) is 47.3 Å². The Morgan fingerprint density at radius 1 is 0.596 bits per heavy atom. The van der Waals surface area contributed by atoms with Gasteiger partial charge in [-0.2, -0.15) is 0 Å². The topological polar surface area (TPSA) is 12.5 Å². The first-order valence-electron chi connectivity index (χ1n) is 23.8. The van der Waals surface area contributed by atoms with Crippen LogP contribution in [0.5, 0.6) is 0 Å². The highest BCUT2D eigenvalue weighted by Crippen LogP contribution is 2.56. The van der Waals surface area contributed by atoms with E-state index in [2.05, 4.69) is 49.1 Å². The van der Waals surface area contributed by atoms with Crippen molar-refractivity contribution in [1.82, 2.24) is 4.90 Å². The molecule has 8 aliphatic carbocycles. The Bertz CT molecular complexity index is 1320. The zero-order valence-corrected chi connectivity index (χ0v) is 33.7. The molecule has 0 aromatic carbocycles. The normalized spacial score (nSPS) is 44.6. The summed E-state index contributed by atoms with van der Waals surface area (Å²) >= 11 is 0. The second-order valence-electron chi connectivity index (χ2n) is 20.6. The molecule has 0 spiro atoms. The summed E-state index contributed by atoms with van der Waals surface area (Å²) in [6.45, 7) is 5.23. The summed E-state index contributed by atoms with van der Waals surface area (Å²) < 4.78 is 7.30. The monoisotopic (exact) mass is 708 g/mol. The molecule has 0 saturated heterocycles. The second-order valence-corrected chi connectivity index (χ2v) is 20.6. The van der Waals surface area contributed by atoms with Crippen LogP contribution in [0.25, 0.3) is 0 Å². The van der Waals surface area contributed by atoms with Crippen LogP contribution in [-0.4, -0.2) is 29.1 Å². The highest BCUT2D eigenvalue weighted by Gasteiger charge is 2.50. The van der Waals surface area contributed by atoms with Crippen molar-refractivity contribution in [2.45, 2.75) is 205 Å². The van der Waals surface area contributed by atoms with E-state index >= 15 is 0 Å². The van der Waals surface area contributed by atoms with Gasteiger partial charge in [0, 0.05) is 30.0 Å². The van der Waals surface area contributed by atoms with Gasteiger partial charge in [0.25, 0.3) is 0 Å². The molecule has 11 atom stereocenters. The lowest BCUT2D eigenvalue weighted by atomic mass is 9.63. The minimum atomic E-state index is 0.559. The summed E-state index contributed by atoms with van der Waals surface area (Å²) in [4.78, 5) is 3.16. The zero-order chi connectivity index (χ0) is 35.0. The fourth-order valence-corrected chi connectivity index (χ4v) is 15.1. The van der Waals surface area contributed by atoms with Crippen molar-refractivity contribution in [3.05, 3.63) is 47.3 Å². The predicted molar refractivity (Wildman–Crippen MR) is 218 cm³/mol. The molecule has 1 aliphatic heterocycles. The first-order valence-corrected chi connectivity index (χ1v) is 23.8. The van der Waals surface area contributed by atoms with Gasteiger partial charge in [-0.15, -0.1) is 0 Å². The Labute approximate surface area is 320 Å². The minimum Gasteiger partial charge on any atom is -0.494 e. The molecule has 9 rings (SSSR count). The average Bonchev–Trinajstić information content (AvgIpc) is 3.59. The Hall–Kier alpha value is -1.28. The van der Waals surface area contributed by atoms with Crippen molar-refractivity contribution < 1.29 is 4.74 Å². The molecule has 0 aromatic rings. The molecule has 0 N–H and O–H groups in total. The minimum absolute atomic E-state index is 0.559. The molecule has 1 heterocycles. The van der Waals surface area contributed by atoms with Gasteiger partial charge in [0.05, 0.1) is 5.76 Å².